The molecular formula is C8H5BrF5NO. The summed E-state index contributed by atoms with van der Waals surface area (Å²) in [5.41, 5.74) is -4.20. The molecule has 1 heterocycles. The third-order valence-corrected chi connectivity index (χ3v) is 2.40. The highest BCUT2D eigenvalue weighted by Crippen LogP contribution is 2.35. The van der Waals surface area contributed by atoms with E-state index in [4.69, 9.17) is 0 Å². The van der Waals surface area contributed by atoms with Crippen molar-refractivity contribution in [3.8, 4) is 0 Å². The smallest absolute Gasteiger partial charge is 0.321 e. The molecule has 1 aromatic rings. The standard InChI is InChI=1S/C8H5BrF5NO/c9-2-3-4(8(12,13)14)1-5(16)15-6(3)7(10)11/h1,7H,2H2,(H,15,16). The van der Waals surface area contributed by atoms with Crippen molar-refractivity contribution in [2.24, 2.45) is 0 Å². The molecule has 0 amide bonds. The Morgan fingerprint density at radius 3 is 2.31 bits per heavy atom. The Morgan fingerprint density at radius 1 is 1.38 bits per heavy atom. The predicted octanol–water partition coefficient (Wildman–Crippen LogP) is 3.23. The fourth-order valence-electron chi connectivity index (χ4n) is 1.19. The van der Waals surface area contributed by atoms with Crippen LogP contribution in [0.2, 0.25) is 0 Å². The molecule has 0 atom stereocenters. The maximum Gasteiger partial charge on any atom is 0.416 e. The Hall–Kier alpha value is -0.920. The van der Waals surface area contributed by atoms with Crippen LogP contribution < -0.4 is 5.56 Å². The average Bonchev–Trinajstić information content (AvgIpc) is 2.14. The molecule has 0 aliphatic rings. The highest BCUT2D eigenvalue weighted by Gasteiger charge is 2.35. The molecule has 0 bridgehead atoms. The first kappa shape index (κ1) is 13.1. The Balaban J connectivity index is 3.55. The molecule has 0 saturated heterocycles. The summed E-state index contributed by atoms with van der Waals surface area (Å²) in [7, 11) is 0. The van der Waals surface area contributed by atoms with E-state index in [9.17, 15) is 26.7 Å². The minimum absolute atomic E-state index is 0.266. The fraction of sp³-hybridized carbons (Fsp3) is 0.375. The van der Waals surface area contributed by atoms with E-state index in [1.807, 2.05) is 0 Å². The van der Waals surface area contributed by atoms with Crippen LogP contribution in [0.15, 0.2) is 10.9 Å². The first-order valence-electron chi connectivity index (χ1n) is 3.94. The van der Waals surface area contributed by atoms with Crippen molar-refractivity contribution in [1.29, 1.82) is 0 Å². The summed E-state index contributed by atoms with van der Waals surface area (Å²) in [5.74, 6) is 0. The van der Waals surface area contributed by atoms with Gasteiger partial charge in [0, 0.05) is 17.0 Å². The molecule has 0 aliphatic heterocycles. The van der Waals surface area contributed by atoms with Crippen LogP contribution in [0.1, 0.15) is 23.2 Å². The summed E-state index contributed by atoms with van der Waals surface area (Å²) in [6.07, 6.45) is -8.00. The predicted molar refractivity (Wildman–Crippen MR) is 49.7 cm³/mol. The van der Waals surface area contributed by atoms with E-state index in [0.29, 0.717) is 0 Å². The number of rotatable bonds is 2. The number of nitrogens with one attached hydrogen (secondary N) is 1. The second-order valence-electron chi connectivity index (χ2n) is 2.87. The molecule has 8 heteroatoms. The Bertz CT molecular complexity index is 439. The van der Waals surface area contributed by atoms with Crippen LogP contribution in [0.4, 0.5) is 22.0 Å². The highest BCUT2D eigenvalue weighted by molar-refractivity contribution is 9.08. The largest absolute Gasteiger partial charge is 0.416 e. The molecule has 0 radical (unpaired) electrons. The van der Waals surface area contributed by atoms with Gasteiger partial charge < -0.3 is 4.98 Å². The van der Waals surface area contributed by atoms with Crippen LogP contribution in [0, 0.1) is 0 Å². The zero-order valence-electron chi connectivity index (χ0n) is 7.54. The summed E-state index contributed by atoms with van der Waals surface area (Å²) >= 11 is 2.69. The molecule has 0 aliphatic carbocycles. The van der Waals surface area contributed by atoms with E-state index in [-0.39, 0.29) is 6.07 Å². The Kier molecular flexibility index (Phi) is 3.72. The van der Waals surface area contributed by atoms with Gasteiger partial charge in [-0.1, -0.05) is 15.9 Å². The molecule has 16 heavy (non-hydrogen) atoms. The van der Waals surface area contributed by atoms with Gasteiger partial charge in [-0.15, -0.1) is 0 Å². The number of aromatic nitrogens is 1. The average molecular weight is 306 g/mol. The zero-order valence-corrected chi connectivity index (χ0v) is 9.12. The van der Waals surface area contributed by atoms with E-state index in [1.54, 1.807) is 4.98 Å². The summed E-state index contributed by atoms with van der Waals surface area (Å²) in [4.78, 5) is 12.5. The van der Waals surface area contributed by atoms with Gasteiger partial charge in [0.15, 0.2) is 0 Å². The lowest BCUT2D eigenvalue weighted by atomic mass is 10.1. The third-order valence-electron chi connectivity index (χ3n) is 1.84. The van der Waals surface area contributed by atoms with Crippen LogP contribution in [0.25, 0.3) is 0 Å². The van der Waals surface area contributed by atoms with E-state index in [1.165, 1.54) is 0 Å². The topological polar surface area (TPSA) is 32.9 Å². The lowest BCUT2D eigenvalue weighted by Gasteiger charge is -2.14. The van der Waals surface area contributed by atoms with Gasteiger partial charge in [-0.3, -0.25) is 4.79 Å². The third kappa shape index (κ3) is 2.60. The normalized spacial score (nSPS) is 12.2. The lowest BCUT2D eigenvalue weighted by molar-refractivity contribution is -0.138. The number of hydrogen-bond acceptors (Lipinski definition) is 1. The second-order valence-corrected chi connectivity index (χ2v) is 3.43. The monoisotopic (exact) mass is 305 g/mol. The van der Waals surface area contributed by atoms with Crippen molar-refractivity contribution in [1.82, 2.24) is 4.98 Å². The molecule has 2 nitrogen and oxygen atoms in total. The molecule has 0 unspecified atom stereocenters. The number of halogens is 6. The van der Waals surface area contributed by atoms with Crippen LogP contribution in [-0.4, -0.2) is 4.98 Å². The molecule has 1 aromatic heterocycles. The van der Waals surface area contributed by atoms with Gasteiger partial charge in [0.2, 0.25) is 5.56 Å². The van der Waals surface area contributed by atoms with Gasteiger partial charge in [0.1, 0.15) is 0 Å². The van der Waals surface area contributed by atoms with Crippen molar-refractivity contribution in [3.05, 3.63) is 33.2 Å². The first-order chi connectivity index (χ1) is 7.27. The van der Waals surface area contributed by atoms with Gasteiger partial charge >= 0.3 is 6.18 Å². The van der Waals surface area contributed by atoms with E-state index < -0.39 is 40.3 Å². The summed E-state index contributed by atoms with van der Waals surface area (Å²) in [6, 6.07) is 0.266. The van der Waals surface area contributed by atoms with Gasteiger partial charge in [-0.05, 0) is 0 Å². The van der Waals surface area contributed by atoms with Crippen LogP contribution in [-0.2, 0) is 11.5 Å². The lowest BCUT2D eigenvalue weighted by Crippen LogP contribution is -2.19. The van der Waals surface area contributed by atoms with Crippen molar-refractivity contribution in [2.75, 3.05) is 0 Å². The molecule has 0 aromatic carbocycles. The van der Waals surface area contributed by atoms with Crippen LogP contribution in [0.5, 0.6) is 0 Å². The van der Waals surface area contributed by atoms with Gasteiger partial charge in [0.25, 0.3) is 6.43 Å². The van der Waals surface area contributed by atoms with E-state index in [0.717, 1.165) is 0 Å². The van der Waals surface area contributed by atoms with Crippen molar-refractivity contribution >= 4 is 15.9 Å². The minimum atomic E-state index is -4.83. The number of aromatic amines is 1. The molecule has 90 valence electrons. The zero-order chi connectivity index (χ0) is 12.5. The molecule has 1 N–H and O–H groups in total. The van der Waals surface area contributed by atoms with Crippen molar-refractivity contribution in [3.63, 3.8) is 0 Å². The van der Waals surface area contributed by atoms with E-state index in [2.05, 4.69) is 15.9 Å². The maximum atomic E-state index is 12.4. The number of pyridine rings is 1. The number of hydrogen-bond donors (Lipinski definition) is 1. The quantitative estimate of drug-likeness (QED) is 0.660. The highest BCUT2D eigenvalue weighted by atomic mass is 79.9. The van der Waals surface area contributed by atoms with Gasteiger partial charge in [-0.2, -0.15) is 13.2 Å². The van der Waals surface area contributed by atoms with Crippen molar-refractivity contribution < 1.29 is 22.0 Å². The summed E-state index contributed by atoms with van der Waals surface area (Å²) in [6.45, 7) is 0. The fourth-order valence-corrected chi connectivity index (χ4v) is 1.79. The van der Waals surface area contributed by atoms with Gasteiger partial charge in [0.05, 0.1) is 11.3 Å². The van der Waals surface area contributed by atoms with Crippen LogP contribution >= 0.6 is 15.9 Å². The summed E-state index contributed by atoms with van der Waals surface area (Å²) in [5, 5.41) is -0.418. The first-order valence-corrected chi connectivity index (χ1v) is 5.07. The second kappa shape index (κ2) is 4.52. The minimum Gasteiger partial charge on any atom is -0.321 e. The number of alkyl halides is 6. The Morgan fingerprint density at radius 2 is 1.94 bits per heavy atom. The summed E-state index contributed by atoms with van der Waals surface area (Å²) < 4.78 is 62.1. The molecule has 0 fully saturated rings. The van der Waals surface area contributed by atoms with Crippen LogP contribution in [0.3, 0.4) is 0 Å². The maximum absolute atomic E-state index is 12.4. The SMILES string of the molecule is O=c1cc(C(F)(F)F)c(CBr)c(C(F)F)[nH]1. The van der Waals surface area contributed by atoms with Gasteiger partial charge in [-0.25, -0.2) is 8.78 Å². The molecular weight excluding hydrogens is 301 g/mol. The number of H-pyrrole nitrogens is 1. The molecule has 0 spiro atoms. The van der Waals surface area contributed by atoms with Crippen molar-refractivity contribution in [2.45, 2.75) is 17.9 Å². The molecule has 1 rings (SSSR count). The Labute approximate surface area is 94.6 Å². The van der Waals surface area contributed by atoms with E-state index >= 15 is 0 Å². The molecule has 0 saturated carbocycles.